The maximum atomic E-state index is 14.1. The molecule has 0 radical (unpaired) electrons. The molecular weight excluding hydrogens is 506 g/mol. The second-order valence-corrected chi connectivity index (χ2v) is 11.3. The van der Waals surface area contributed by atoms with Crippen LogP contribution in [0.4, 0.5) is 0 Å². The van der Waals surface area contributed by atoms with Gasteiger partial charge in [-0.05, 0) is 54.7 Å². The number of phenols is 1. The Bertz CT molecular complexity index is 1400. The van der Waals surface area contributed by atoms with Gasteiger partial charge in [-0.1, -0.05) is 6.07 Å². The Morgan fingerprint density at radius 2 is 1.69 bits per heavy atom. The molecule has 1 saturated heterocycles. The van der Waals surface area contributed by atoms with E-state index in [1.807, 2.05) is 6.07 Å². The summed E-state index contributed by atoms with van der Waals surface area (Å²) in [5.41, 5.74) is 3.68. The normalized spacial score (nSPS) is 31.1. The summed E-state index contributed by atoms with van der Waals surface area (Å²) in [6, 6.07) is 2.16. The number of aliphatic hydroxyl groups is 3. The Kier molecular flexibility index (Phi) is 5.67. The van der Waals surface area contributed by atoms with E-state index in [0.29, 0.717) is 25.4 Å². The lowest BCUT2D eigenvalue weighted by Gasteiger charge is -2.52. The molecule has 4 unspecified atom stereocenters. The van der Waals surface area contributed by atoms with Crippen molar-refractivity contribution in [3.8, 4) is 5.75 Å². The molecule has 1 aliphatic heterocycles. The van der Waals surface area contributed by atoms with E-state index in [9.17, 15) is 39.6 Å². The van der Waals surface area contributed by atoms with E-state index in [0.717, 1.165) is 24.0 Å². The minimum atomic E-state index is -2.68. The van der Waals surface area contributed by atoms with E-state index in [-0.39, 0.29) is 42.3 Å². The number of aliphatic hydroxyl groups excluding tert-OH is 2. The number of nitrogens with zero attached hydrogens (tertiary/aromatic N) is 2. The Hall–Kier alpha value is -3.70. The zero-order valence-corrected chi connectivity index (χ0v) is 21.5. The molecule has 5 aliphatic rings. The summed E-state index contributed by atoms with van der Waals surface area (Å²) >= 11 is 0. The first-order chi connectivity index (χ1) is 18.5. The molecule has 4 atom stereocenters. The number of primary amides is 1. The number of carbonyl (C=O) groups excluding carboxylic acids is 4. The molecule has 1 aromatic carbocycles. The molecule has 206 valence electrons. The summed E-state index contributed by atoms with van der Waals surface area (Å²) in [6.45, 7) is 2.58. The van der Waals surface area contributed by atoms with Crippen LogP contribution >= 0.6 is 0 Å². The third-order valence-corrected chi connectivity index (χ3v) is 9.25. The summed E-state index contributed by atoms with van der Waals surface area (Å²) in [5, 5.41) is 45.0. The van der Waals surface area contributed by atoms with Gasteiger partial charge in [0, 0.05) is 44.6 Å². The highest BCUT2D eigenvalue weighted by Gasteiger charge is 2.64. The average molecular weight is 538 g/mol. The van der Waals surface area contributed by atoms with Gasteiger partial charge in [-0.2, -0.15) is 0 Å². The van der Waals surface area contributed by atoms with Gasteiger partial charge in [-0.25, -0.2) is 0 Å². The van der Waals surface area contributed by atoms with Crippen LogP contribution in [0.5, 0.6) is 5.75 Å². The first-order valence-corrected chi connectivity index (χ1v) is 13.3. The Balaban J connectivity index is 1.48. The van der Waals surface area contributed by atoms with Crippen LogP contribution in [0.25, 0.3) is 5.76 Å². The number of nitrogens with two attached hydrogens (primary N) is 1. The molecule has 3 fully saturated rings. The fraction of sp³-hybridized carbons (Fsp3) is 0.500. The van der Waals surface area contributed by atoms with Crippen molar-refractivity contribution in [1.82, 2.24) is 9.80 Å². The lowest BCUT2D eigenvalue weighted by atomic mass is 9.57. The number of hydrogen-bond acceptors (Lipinski definition) is 9. The molecule has 6 rings (SSSR count). The summed E-state index contributed by atoms with van der Waals surface area (Å²) in [6.07, 6.45) is 2.33. The molecule has 39 heavy (non-hydrogen) atoms. The van der Waals surface area contributed by atoms with Gasteiger partial charge >= 0.3 is 0 Å². The van der Waals surface area contributed by atoms with Crippen molar-refractivity contribution in [2.75, 3.05) is 26.2 Å². The first-order valence-electron chi connectivity index (χ1n) is 13.3. The van der Waals surface area contributed by atoms with Gasteiger partial charge in [0.15, 0.2) is 11.4 Å². The van der Waals surface area contributed by atoms with Crippen LogP contribution in [0.3, 0.4) is 0 Å². The van der Waals surface area contributed by atoms with Crippen molar-refractivity contribution in [3.05, 3.63) is 45.7 Å². The molecule has 2 amide bonds. The van der Waals surface area contributed by atoms with Crippen LogP contribution in [0.15, 0.2) is 29.0 Å². The van der Waals surface area contributed by atoms with Crippen LogP contribution in [-0.2, 0) is 25.6 Å². The highest BCUT2D eigenvalue weighted by atomic mass is 16.3. The fourth-order valence-electron chi connectivity index (χ4n) is 7.19. The predicted octanol–water partition coefficient (Wildman–Crippen LogP) is 0.444. The summed E-state index contributed by atoms with van der Waals surface area (Å²) in [4.78, 5) is 55.2. The Morgan fingerprint density at radius 1 is 1.03 bits per heavy atom. The zero-order valence-electron chi connectivity index (χ0n) is 21.5. The lowest BCUT2D eigenvalue weighted by molar-refractivity contribution is -0.156. The smallest absolute Gasteiger partial charge is 0.255 e. The molecule has 4 aliphatic carbocycles. The molecule has 1 aromatic rings. The number of amides is 2. The number of fused-ring (bicyclic) bond motifs is 3. The second-order valence-electron chi connectivity index (χ2n) is 11.3. The quantitative estimate of drug-likeness (QED) is 0.342. The van der Waals surface area contributed by atoms with Gasteiger partial charge in [0.25, 0.3) is 5.91 Å². The van der Waals surface area contributed by atoms with E-state index >= 15 is 0 Å². The van der Waals surface area contributed by atoms with Gasteiger partial charge in [-0.15, -0.1) is 0 Å². The van der Waals surface area contributed by atoms with Gasteiger partial charge in [0.05, 0.1) is 11.6 Å². The molecule has 6 N–H and O–H groups in total. The maximum Gasteiger partial charge on any atom is 0.255 e. The molecule has 2 saturated carbocycles. The topological polar surface area (TPSA) is 182 Å². The van der Waals surface area contributed by atoms with Crippen molar-refractivity contribution >= 4 is 29.1 Å². The minimum absolute atomic E-state index is 0.0558. The zero-order chi connectivity index (χ0) is 28.0. The van der Waals surface area contributed by atoms with Crippen LogP contribution in [0.1, 0.15) is 48.8 Å². The van der Waals surface area contributed by atoms with E-state index in [1.54, 1.807) is 9.80 Å². The summed E-state index contributed by atoms with van der Waals surface area (Å²) < 4.78 is 0. The van der Waals surface area contributed by atoms with Gasteiger partial charge in [0.2, 0.25) is 11.7 Å². The number of benzene rings is 1. The predicted molar refractivity (Wildman–Crippen MR) is 136 cm³/mol. The van der Waals surface area contributed by atoms with Crippen LogP contribution in [0.2, 0.25) is 0 Å². The Labute approximate surface area is 224 Å². The number of piperazine rings is 1. The first kappa shape index (κ1) is 25.6. The van der Waals surface area contributed by atoms with Crippen LogP contribution < -0.4 is 5.73 Å². The van der Waals surface area contributed by atoms with Crippen LogP contribution in [0, 0.1) is 11.8 Å². The summed E-state index contributed by atoms with van der Waals surface area (Å²) in [7, 11) is 0. The van der Waals surface area contributed by atoms with E-state index < -0.39 is 58.0 Å². The minimum Gasteiger partial charge on any atom is -0.508 e. The summed E-state index contributed by atoms with van der Waals surface area (Å²) in [5.74, 6) is -6.36. The number of rotatable bonds is 3. The number of Topliss-reactive ketones (excluding diaryl/α,β-unsaturated/α-hetero) is 2. The van der Waals surface area contributed by atoms with E-state index in [4.69, 9.17) is 5.73 Å². The number of ketones is 2. The monoisotopic (exact) mass is 537 g/mol. The molecule has 0 aromatic heterocycles. The van der Waals surface area contributed by atoms with Crippen molar-refractivity contribution in [2.45, 2.75) is 50.2 Å². The molecule has 0 spiro atoms. The second kappa shape index (κ2) is 8.65. The molecule has 0 bridgehead atoms. The van der Waals surface area contributed by atoms with Crippen molar-refractivity contribution in [3.63, 3.8) is 0 Å². The SMILES string of the molecule is CC(=O)N1CCN(C2C(=O)C(C(N)=O)=C(O)C3(O)C(=O)C4=C(O)c5c(O)ccc(C6CC6)c5CC4CC23)CC1. The molecule has 11 nitrogen and oxygen atoms in total. The standard InChI is InChI=1S/C28H31N3O8/c1-12(32)30-6-8-31(9-7-30)22-17-11-14-10-16-15(13-2-3-13)4-5-18(33)20(16)23(34)19(14)25(36)28(17,39)26(37)21(24(22)35)27(29)38/h4-5,13-14,17,22,33-34,37,39H,2-3,6-11H2,1H3,(H2,29,38). The van der Waals surface area contributed by atoms with Crippen molar-refractivity contribution < 1.29 is 39.6 Å². The average Bonchev–Trinajstić information content (AvgIpc) is 3.72. The van der Waals surface area contributed by atoms with Gasteiger partial charge in [-0.3, -0.25) is 24.1 Å². The number of carbonyl (C=O) groups is 4. The number of hydrogen-bond donors (Lipinski definition) is 5. The highest BCUT2D eigenvalue weighted by Crippen LogP contribution is 2.54. The maximum absolute atomic E-state index is 14.1. The Morgan fingerprint density at radius 3 is 2.28 bits per heavy atom. The molecular formula is C28H31N3O8. The molecule has 1 heterocycles. The van der Waals surface area contributed by atoms with Gasteiger partial charge in [0.1, 0.15) is 22.8 Å². The van der Waals surface area contributed by atoms with E-state index in [2.05, 4.69) is 0 Å². The number of phenolic OH excluding ortho intramolecular Hbond substituents is 1. The highest BCUT2D eigenvalue weighted by molar-refractivity contribution is 6.24. The number of aromatic hydroxyl groups is 1. The fourth-order valence-corrected chi connectivity index (χ4v) is 7.19. The lowest BCUT2D eigenvalue weighted by Crippen LogP contribution is -2.68. The van der Waals surface area contributed by atoms with Crippen molar-refractivity contribution in [1.29, 1.82) is 0 Å². The van der Waals surface area contributed by atoms with Gasteiger partial charge < -0.3 is 31.1 Å². The molecule has 11 heteroatoms. The third-order valence-electron chi connectivity index (χ3n) is 9.25. The largest absolute Gasteiger partial charge is 0.508 e. The van der Waals surface area contributed by atoms with E-state index in [1.165, 1.54) is 13.0 Å². The van der Waals surface area contributed by atoms with Crippen molar-refractivity contribution in [2.24, 2.45) is 17.6 Å². The van der Waals surface area contributed by atoms with Crippen LogP contribution in [-0.4, -0.2) is 91.4 Å². The third kappa shape index (κ3) is 3.56.